The third kappa shape index (κ3) is 5.29. The van der Waals surface area contributed by atoms with Crippen LogP contribution in [0.25, 0.3) is 0 Å². The summed E-state index contributed by atoms with van der Waals surface area (Å²) >= 11 is 1.31. The summed E-state index contributed by atoms with van der Waals surface area (Å²) in [6.45, 7) is 8.46. The van der Waals surface area contributed by atoms with Crippen LogP contribution in [-0.2, 0) is 0 Å². The number of piperazine rings is 1. The number of pyridine rings is 1. The summed E-state index contributed by atoms with van der Waals surface area (Å²) in [6.07, 6.45) is 7.69. The van der Waals surface area contributed by atoms with E-state index in [9.17, 15) is 0 Å². The first kappa shape index (κ1) is 20.2. The minimum Gasteiger partial charge on any atom is -0.476 e. The van der Waals surface area contributed by atoms with Gasteiger partial charge < -0.3 is 14.5 Å². The van der Waals surface area contributed by atoms with E-state index in [-0.39, 0.29) is 0 Å². The van der Waals surface area contributed by atoms with Gasteiger partial charge >= 0.3 is 0 Å². The van der Waals surface area contributed by atoms with Crippen LogP contribution in [0, 0.1) is 12.8 Å². The van der Waals surface area contributed by atoms with Crippen LogP contribution in [0.1, 0.15) is 18.4 Å². The van der Waals surface area contributed by atoms with Crippen LogP contribution in [0.2, 0.25) is 0 Å². The highest BCUT2D eigenvalue weighted by Crippen LogP contribution is 2.23. The Labute approximate surface area is 176 Å². The predicted octanol–water partition coefficient (Wildman–Crippen LogP) is 2.12. The molecule has 0 radical (unpaired) electrons. The molecule has 29 heavy (non-hydrogen) atoms. The van der Waals surface area contributed by atoms with E-state index in [0.717, 1.165) is 63.7 Å². The van der Waals surface area contributed by atoms with Crippen LogP contribution in [-0.4, -0.2) is 65.1 Å². The number of hydrogen-bond donors (Lipinski definition) is 1. The van der Waals surface area contributed by atoms with Crippen LogP contribution < -0.4 is 19.7 Å². The molecular weight excluding hydrogens is 386 g/mol. The number of hydrogen-bond acceptors (Lipinski definition) is 9. The Balaban J connectivity index is 1.21. The minimum absolute atomic E-state index is 0.542. The van der Waals surface area contributed by atoms with E-state index >= 15 is 0 Å². The molecule has 2 aliphatic rings. The van der Waals surface area contributed by atoms with Gasteiger partial charge in [-0.05, 0) is 37.3 Å². The van der Waals surface area contributed by atoms with E-state index in [2.05, 4.69) is 48.1 Å². The number of nitrogens with zero attached hydrogens (tertiary/aromatic N) is 6. The predicted molar refractivity (Wildman–Crippen MR) is 117 cm³/mol. The molecule has 2 saturated heterocycles. The molecule has 9 heteroatoms. The smallest absolute Gasteiger partial charge is 0.232 e. The van der Waals surface area contributed by atoms with Crippen LogP contribution in [0.3, 0.4) is 0 Å². The monoisotopic (exact) mass is 415 g/mol. The molecule has 2 N–H and O–H groups in total. The van der Waals surface area contributed by atoms with Crippen molar-refractivity contribution in [2.45, 2.75) is 19.8 Å². The fourth-order valence-electron chi connectivity index (χ4n) is 3.75. The van der Waals surface area contributed by atoms with Crippen molar-refractivity contribution < 1.29 is 4.74 Å². The zero-order valence-corrected chi connectivity index (χ0v) is 17.7. The Morgan fingerprint density at radius 2 is 1.66 bits per heavy atom. The molecule has 0 spiro atoms. The molecule has 4 rings (SSSR count). The summed E-state index contributed by atoms with van der Waals surface area (Å²) in [6, 6.07) is 4.23. The highest BCUT2D eigenvalue weighted by Gasteiger charge is 2.21. The molecule has 2 aromatic rings. The molecule has 2 aromatic heterocycles. The summed E-state index contributed by atoms with van der Waals surface area (Å²) in [5.74, 6) is 3.12. The van der Waals surface area contributed by atoms with Crippen molar-refractivity contribution in [3.05, 3.63) is 36.3 Å². The number of anilines is 2. The first-order chi connectivity index (χ1) is 14.2. The Bertz CT molecular complexity index is 757. The lowest BCUT2D eigenvalue weighted by Gasteiger charge is -2.33. The molecule has 0 saturated carbocycles. The van der Waals surface area contributed by atoms with E-state index in [4.69, 9.17) is 9.88 Å². The summed E-state index contributed by atoms with van der Waals surface area (Å²) in [5, 5.41) is 5.62. The molecule has 2 fully saturated rings. The van der Waals surface area contributed by atoms with Gasteiger partial charge in [-0.3, -0.25) is 5.14 Å². The molecule has 2 aliphatic heterocycles. The van der Waals surface area contributed by atoms with E-state index in [1.165, 1.54) is 17.7 Å². The third-order valence-corrected chi connectivity index (χ3v) is 6.29. The molecule has 8 nitrogen and oxygen atoms in total. The highest BCUT2D eigenvalue weighted by atomic mass is 32.2. The van der Waals surface area contributed by atoms with Crippen molar-refractivity contribution in [3.8, 4) is 5.88 Å². The molecule has 0 aromatic carbocycles. The average Bonchev–Trinajstić information content (AvgIpc) is 2.79. The van der Waals surface area contributed by atoms with Crippen molar-refractivity contribution in [1.29, 1.82) is 0 Å². The Hall–Kier alpha value is -2.10. The topological polar surface area (TPSA) is 83.6 Å². The van der Waals surface area contributed by atoms with Crippen molar-refractivity contribution in [2.24, 2.45) is 11.1 Å². The molecule has 156 valence electrons. The lowest BCUT2D eigenvalue weighted by molar-refractivity contribution is 0.215. The zero-order valence-electron chi connectivity index (χ0n) is 16.9. The number of aromatic nitrogens is 3. The third-order valence-electron chi connectivity index (χ3n) is 5.63. The van der Waals surface area contributed by atoms with E-state index in [1.807, 2.05) is 12.4 Å². The van der Waals surface area contributed by atoms with Crippen molar-refractivity contribution in [1.82, 2.24) is 19.3 Å². The summed E-state index contributed by atoms with van der Waals surface area (Å²) in [7, 11) is 0. The molecular formula is C20H29N7OS. The van der Waals surface area contributed by atoms with Gasteiger partial charge in [0.1, 0.15) is 11.6 Å². The van der Waals surface area contributed by atoms with Gasteiger partial charge in [-0.25, -0.2) is 19.3 Å². The number of aryl methyl sites for hydroxylation is 1. The first-order valence-corrected chi connectivity index (χ1v) is 11.0. The lowest BCUT2D eigenvalue weighted by atomic mass is 9.98. The normalized spacial score (nSPS) is 18.8. The summed E-state index contributed by atoms with van der Waals surface area (Å²) in [4.78, 5) is 18.1. The maximum Gasteiger partial charge on any atom is 0.232 e. The van der Waals surface area contributed by atoms with Crippen LogP contribution in [0.5, 0.6) is 5.88 Å². The van der Waals surface area contributed by atoms with E-state index < -0.39 is 0 Å². The second kappa shape index (κ2) is 9.60. The summed E-state index contributed by atoms with van der Waals surface area (Å²) in [5.41, 5.74) is 1.20. The van der Waals surface area contributed by atoms with Gasteiger partial charge in [-0.1, -0.05) is 6.07 Å². The van der Waals surface area contributed by atoms with Crippen LogP contribution in [0.4, 0.5) is 11.6 Å². The minimum atomic E-state index is 0.542. The van der Waals surface area contributed by atoms with Crippen molar-refractivity contribution in [3.63, 3.8) is 0 Å². The van der Waals surface area contributed by atoms with Gasteiger partial charge in [0.05, 0.1) is 19.0 Å². The quantitative estimate of drug-likeness (QED) is 0.713. The van der Waals surface area contributed by atoms with E-state index in [0.29, 0.717) is 18.4 Å². The number of piperidine rings is 1. The molecule has 4 heterocycles. The SMILES string of the molecule is Cc1ccc(N2CCC(COc3cnc(N4CCN(SN)CC4)cn3)CC2)nc1. The Morgan fingerprint density at radius 1 is 0.931 bits per heavy atom. The molecule has 0 aliphatic carbocycles. The molecule has 0 bridgehead atoms. The standard InChI is InChI=1S/C20H29N7OS/c1-16-2-3-18(22-12-16)25-6-4-17(5-7-25)15-28-20-14-23-19(13-24-20)26-8-10-27(29-21)11-9-26/h2-3,12-14,17H,4-11,15,21H2,1H3. The first-order valence-electron chi connectivity index (χ1n) is 10.2. The maximum absolute atomic E-state index is 5.92. The van der Waals surface area contributed by atoms with Gasteiger partial charge in [-0.2, -0.15) is 0 Å². The van der Waals surface area contributed by atoms with Gasteiger partial charge in [0.2, 0.25) is 5.88 Å². The molecule has 0 atom stereocenters. The zero-order chi connectivity index (χ0) is 20.1. The summed E-state index contributed by atoms with van der Waals surface area (Å²) < 4.78 is 8.08. The highest BCUT2D eigenvalue weighted by molar-refractivity contribution is 7.94. The fourth-order valence-corrected chi connectivity index (χ4v) is 4.12. The van der Waals surface area contributed by atoms with Gasteiger partial charge in [0.15, 0.2) is 0 Å². The van der Waals surface area contributed by atoms with Crippen molar-refractivity contribution >= 4 is 23.8 Å². The lowest BCUT2D eigenvalue weighted by Crippen LogP contribution is -2.44. The Kier molecular flexibility index (Phi) is 6.68. The molecule has 0 unspecified atom stereocenters. The second-order valence-corrected chi connectivity index (χ2v) is 8.40. The van der Waals surface area contributed by atoms with Gasteiger partial charge in [0, 0.05) is 57.6 Å². The van der Waals surface area contributed by atoms with Gasteiger partial charge in [0.25, 0.3) is 0 Å². The largest absolute Gasteiger partial charge is 0.476 e. The second-order valence-electron chi connectivity index (χ2n) is 7.67. The number of ether oxygens (including phenoxy) is 1. The Morgan fingerprint density at radius 3 is 2.28 bits per heavy atom. The molecule has 0 amide bonds. The average molecular weight is 416 g/mol. The van der Waals surface area contributed by atoms with Crippen LogP contribution in [0.15, 0.2) is 30.7 Å². The number of rotatable bonds is 6. The van der Waals surface area contributed by atoms with Gasteiger partial charge in [-0.15, -0.1) is 0 Å². The van der Waals surface area contributed by atoms with Crippen LogP contribution >= 0.6 is 12.1 Å². The number of nitrogens with two attached hydrogens (primary N) is 1. The van der Waals surface area contributed by atoms with Crippen molar-refractivity contribution in [2.75, 3.05) is 55.7 Å². The maximum atomic E-state index is 5.92. The fraction of sp³-hybridized carbons (Fsp3) is 0.550. The van der Waals surface area contributed by atoms with E-state index in [1.54, 1.807) is 6.20 Å².